The van der Waals surface area contributed by atoms with Crippen molar-refractivity contribution >= 4 is 53.9 Å². The second-order valence-corrected chi connectivity index (χ2v) is 15.3. The van der Waals surface area contributed by atoms with Crippen LogP contribution in [0.3, 0.4) is 0 Å². The minimum absolute atomic E-state index is 0.152. The summed E-state index contributed by atoms with van der Waals surface area (Å²) in [6.45, 7) is 4.80. The molecule has 1 aliphatic rings. The van der Waals surface area contributed by atoms with Crippen LogP contribution in [0.25, 0.3) is 98.4 Å². The van der Waals surface area contributed by atoms with Gasteiger partial charge in [0.25, 0.3) is 0 Å². The first-order valence-corrected chi connectivity index (χ1v) is 18.7. The molecule has 1 aliphatic carbocycles. The molecule has 0 aliphatic heterocycles. The smallest absolute Gasteiger partial charge is 0.0159 e. The highest BCUT2D eigenvalue weighted by Crippen LogP contribution is 2.52. The summed E-state index contributed by atoms with van der Waals surface area (Å²) in [6, 6.07) is 68.0. The van der Waals surface area contributed by atoms with Crippen molar-refractivity contribution < 1.29 is 0 Å². The van der Waals surface area contributed by atoms with E-state index in [4.69, 9.17) is 0 Å². The Kier molecular flexibility index (Phi) is 6.40. The van der Waals surface area contributed by atoms with Crippen LogP contribution in [0.4, 0.5) is 0 Å². The summed E-state index contributed by atoms with van der Waals surface area (Å²) in [7, 11) is 0. The lowest BCUT2D eigenvalue weighted by atomic mass is 9.80. The van der Waals surface area contributed by atoms with Gasteiger partial charge in [-0.05, 0) is 134 Å². The quantitative estimate of drug-likeness (QED) is 0.129. The lowest BCUT2D eigenvalue weighted by molar-refractivity contribution is 0.661. The molecular weight excluding hydrogens is 637 g/mol. The van der Waals surface area contributed by atoms with Gasteiger partial charge >= 0.3 is 0 Å². The molecule has 0 saturated heterocycles. The van der Waals surface area contributed by atoms with Gasteiger partial charge in [0.15, 0.2) is 0 Å². The van der Waals surface area contributed by atoms with Gasteiger partial charge in [0.2, 0.25) is 0 Å². The normalized spacial score (nSPS) is 13.2. The molecule has 0 bridgehead atoms. The largest absolute Gasteiger partial charge is 0.0616 e. The van der Waals surface area contributed by atoms with Gasteiger partial charge in [0, 0.05) is 5.41 Å². The maximum atomic E-state index is 2.49. The number of hydrogen-bond acceptors (Lipinski definition) is 0. The van der Waals surface area contributed by atoms with Crippen LogP contribution < -0.4 is 0 Å². The number of rotatable bonds is 3. The highest BCUT2D eigenvalue weighted by molar-refractivity contribution is 6.22. The zero-order valence-corrected chi connectivity index (χ0v) is 29.8. The van der Waals surface area contributed by atoms with Crippen LogP contribution in [0.1, 0.15) is 25.0 Å². The van der Waals surface area contributed by atoms with E-state index in [2.05, 4.69) is 196 Å². The molecule has 0 radical (unpaired) electrons. The fourth-order valence-electron chi connectivity index (χ4n) is 9.36. The predicted octanol–water partition coefficient (Wildman–Crippen LogP) is 14.8. The van der Waals surface area contributed by atoms with Crippen molar-refractivity contribution in [3.63, 3.8) is 0 Å². The van der Waals surface area contributed by atoms with Gasteiger partial charge in [-0.25, -0.2) is 0 Å². The highest BCUT2D eigenvalue weighted by atomic mass is 14.4. The maximum Gasteiger partial charge on any atom is 0.0159 e. The van der Waals surface area contributed by atoms with Crippen molar-refractivity contribution in [2.75, 3.05) is 0 Å². The molecule has 0 amide bonds. The van der Waals surface area contributed by atoms with Crippen LogP contribution in [0, 0.1) is 0 Å². The molecule has 0 nitrogen and oxygen atoms in total. The SMILES string of the molecule is CC1(C)c2cc(-c3ccc4c(ccc5ccccc54)c3)ccc2-c2ccc(-c3c4ccccc4c(-c4ccc5ccccc5c4)c4ccccc34)cc21. The van der Waals surface area contributed by atoms with Crippen LogP contribution in [0.2, 0.25) is 0 Å². The van der Waals surface area contributed by atoms with Crippen molar-refractivity contribution in [2.45, 2.75) is 19.3 Å². The van der Waals surface area contributed by atoms with Crippen LogP contribution in [0.15, 0.2) is 182 Å². The number of benzene rings is 10. The van der Waals surface area contributed by atoms with Crippen LogP contribution in [-0.2, 0) is 5.41 Å². The molecule has 0 saturated carbocycles. The van der Waals surface area contributed by atoms with Crippen molar-refractivity contribution in [1.29, 1.82) is 0 Å². The Morgan fingerprint density at radius 2 is 0.679 bits per heavy atom. The fraction of sp³-hybridized carbons (Fsp3) is 0.0566. The standard InChI is InChI=1S/C53H36/c1-53(2)49-31-37(36-23-26-42-38(29-36)21-20-34-12-5-6-14-41(34)42)24-27-43(49)44-28-25-40(32-50(44)53)52-47-17-9-7-15-45(47)51(46-16-8-10-18-48(46)52)39-22-19-33-11-3-4-13-35(33)30-39/h3-32H,1-2H3. The molecule has 10 aromatic carbocycles. The van der Waals surface area contributed by atoms with E-state index in [-0.39, 0.29) is 5.41 Å². The van der Waals surface area contributed by atoms with Gasteiger partial charge < -0.3 is 0 Å². The monoisotopic (exact) mass is 672 g/mol. The molecular formula is C53H36. The molecule has 53 heavy (non-hydrogen) atoms. The molecule has 0 aromatic heterocycles. The summed E-state index contributed by atoms with van der Waals surface area (Å²) < 4.78 is 0. The zero-order valence-electron chi connectivity index (χ0n) is 29.8. The first-order chi connectivity index (χ1) is 26.0. The van der Waals surface area contributed by atoms with E-state index in [1.165, 1.54) is 109 Å². The number of fused-ring (bicyclic) bond motifs is 9. The Morgan fingerprint density at radius 1 is 0.283 bits per heavy atom. The molecule has 248 valence electrons. The lowest BCUT2D eigenvalue weighted by Gasteiger charge is -2.23. The van der Waals surface area contributed by atoms with E-state index in [0.29, 0.717) is 0 Å². The Balaban J connectivity index is 1.05. The van der Waals surface area contributed by atoms with E-state index in [1.807, 2.05) is 0 Å². The molecule has 0 spiro atoms. The van der Waals surface area contributed by atoms with E-state index >= 15 is 0 Å². The van der Waals surface area contributed by atoms with Gasteiger partial charge in [0.1, 0.15) is 0 Å². The first kappa shape index (κ1) is 30.2. The minimum atomic E-state index is -0.152. The molecule has 0 heterocycles. The van der Waals surface area contributed by atoms with E-state index in [1.54, 1.807) is 0 Å². The third-order valence-electron chi connectivity index (χ3n) is 12.0. The second kappa shape index (κ2) is 11.2. The summed E-state index contributed by atoms with van der Waals surface area (Å²) in [5.74, 6) is 0. The average molecular weight is 673 g/mol. The van der Waals surface area contributed by atoms with E-state index in [9.17, 15) is 0 Å². The summed E-state index contributed by atoms with van der Waals surface area (Å²) >= 11 is 0. The van der Waals surface area contributed by atoms with Crippen molar-refractivity contribution in [3.05, 3.63) is 193 Å². The van der Waals surface area contributed by atoms with Crippen LogP contribution in [-0.4, -0.2) is 0 Å². The van der Waals surface area contributed by atoms with Gasteiger partial charge in [-0.1, -0.05) is 172 Å². The van der Waals surface area contributed by atoms with Crippen molar-refractivity contribution in [2.24, 2.45) is 0 Å². The van der Waals surface area contributed by atoms with E-state index in [0.717, 1.165) is 0 Å². The van der Waals surface area contributed by atoms with Gasteiger partial charge in [-0.15, -0.1) is 0 Å². The Labute approximate surface area is 309 Å². The molecule has 0 atom stereocenters. The van der Waals surface area contributed by atoms with Gasteiger partial charge in [0.05, 0.1) is 0 Å². The molecule has 0 N–H and O–H groups in total. The number of hydrogen-bond donors (Lipinski definition) is 0. The van der Waals surface area contributed by atoms with Crippen LogP contribution >= 0.6 is 0 Å². The third-order valence-corrected chi connectivity index (χ3v) is 12.0. The molecule has 0 fully saturated rings. The molecule has 0 heteroatoms. The Morgan fingerprint density at radius 3 is 1.34 bits per heavy atom. The summed E-state index contributed by atoms with van der Waals surface area (Å²) in [5, 5.41) is 12.8. The first-order valence-electron chi connectivity index (χ1n) is 18.7. The maximum absolute atomic E-state index is 2.49. The van der Waals surface area contributed by atoms with E-state index < -0.39 is 0 Å². The van der Waals surface area contributed by atoms with Crippen LogP contribution in [0.5, 0.6) is 0 Å². The van der Waals surface area contributed by atoms with Gasteiger partial charge in [-0.3, -0.25) is 0 Å². The summed E-state index contributed by atoms with van der Waals surface area (Å²) in [4.78, 5) is 0. The van der Waals surface area contributed by atoms with Gasteiger partial charge in [-0.2, -0.15) is 0 Å². The third kappa shape index (κ3) is 4.49. The lowest BCUT2D eigenvalue weighted by Crippen LogP contribution is -2.15. The Hall–Kier alpha value is -6.50. The topological polar surface area (TPSA) is 0 Å². The Bertz CT molecular complexity index is 3080. The fourth-order valence-corrected chi connectivity index (χ4v) is 9.36. The second-order valence-electron chi connectivity index (χ2n) is 15.3. The summed E-state index contributed by atoms with van der Waals surface area (Å²) in [5.41, 5.74) is 13.0. The molecule has 10 aromatic rings. The highest BCUT2D eigenvalue weighted by Gasteiger charge is 2.36. The van der Waals surface area contributed by atoms with Crippen molar-refractivity contribution in [3.8, 4) is 44.5 Å². The summed E-state index contributed by atoms with van der Waals surface area (Å²) in [6.07, 6.45) is 0. The molecule has 0 unspecified atom stereocenters. The zero-order chi connectivity index (χ0) is 35.3. The van der Waals surface area contributed by atoms with Crippen molar-refractivity contribution in [1.82, 2.24) is 0 Å². The minimum Gasteiger partial charge on any atom is -0.0616 e. The molecule has 11 rings (SSSR count). The predicted molar refractivity (Wildman–Crippen MR) is 228 cm³/mol. The average Bonchev–Trinajstić information content (AvgIpc) is 3.44.